The van der Waals surface area contributed by atoms with E-state index in [0.29, 0.717) is 5.92 Å². The number of hydrogen-bond acceptors (Lipinski definition) is 2. The standard InChI is InChI=1S/C12H14Br2OS/c13-10-5-9(12(14)16-10)11(15)8-4-6-1-2-7(8)3-6/h5-8,11,15H,1-4H2. The maximum absolute atomic E-state index is 10.5. The predicted octanol–water partition coefficient (Wildman–Crippen LogP) is 4.74. The summed E-state index contributed by atoms with van der Waals surface area (Å²) in [6, 6.07) is 2.06. The fraction of sp³-hybridized carbons (Fsp3) is 0.667. The first-order chi connectivity index (χ1) is 7.65. The predicted molar refractivity (Wildman–Crippen MR) is 73.6 cm³/mol. The second kappa shape index (κ2) is 4.38. The molecule has 2 saturated carbocycles. The summed E-state index contributed by atoms with van der Waals surface area (Å²) in [5.74, 6) is 2.16. The molecular weight excluding hydrogens is 352 g/mol. The van der Waals surface area contributed by atoms with Gasteiger partial charge in [-0.3, -0.25) is 0 Å². The summed E-state index contributed by atoms with van der Waals surface area (Å²) in [4.78, 5) is 0. The highest BCUT2D eigenvalue weighted by molar-refractivity contribution is 9.12. The van der Waals surface area contributed by atoms with Crippen molar-refractivity contribution in [1.82, 2.24) is 0 Å². The quantitative estimate of drug-likeness (QED) is 0.802. The minimum atomic E-state index is -0.271. The van der Waals surface area contributed by atoms with E-state index in [9.17, 15) is 5.11 Å². The molecule has 16 heavy (non-hydrogen) atoms. The highest BCUT2D eigenvalue weighted by atomic mass is 79.9. The van der Waals surface area contributed by atoms with Crippen molar-refractivity contribution in [2.75, 3.05) is 0 Å². The van der Waals surface area contributed by atoms with Crippen molar-refractivity contribution in [2.24, 2.45) is 17.8 Å². The van der Waals surface area contributed by atoms with Crippen LogP contribution in [0.5, 0.6) is 0 Å². The molecule has 2 aliphatic rings. The Labute approximate surface area is 117 Å². The molecule has 2 fully saturated rings. The van der Waals surface area contributed by atoms with Gasteiger partial charge in [-0.1, -0.05) is 6.42 Å². The molecule has 0 spiro atoms. The monoisotopic (exact) mass is 364 g/mol. The zero-order valence-corrected chi connectivity index (χ0v) is 12.8. The zero-order valence-electron chi connectivity index (χ0n) is 8.83. The van der Waals surface area contributed by atoms with E-state index in [1.165, 1.54) is 25.7 Å². The van der Waals surface area contributed by atoms with Gasteiger partial charge in [0.25, 0.3) is 0 Å². The molecule has 1 N–H and O–H groups in total. The van der Waals surface area contributed by atoms with E-state index >= 15 is 0 Å². The summed E-state index contributed by atoms with van der Waals surface area (Å²) in [6.07, 6.45) is 5.03. The second-order valence-electron chi connectivity index (χ2n) is 5.06. The number of fused-ring (bicyclic) bond motifs is 2. The lowest BCUT2D eigenvalue weighted by atomic mass is 9.83. The Morgan fingerprint density at radius 3 is 2.62 bits per heavy atom. The highest BCUT2D eigenvalue weighted by Gasteiger charge is 2.43. The maximum Gasteiger partial charge on any atom is 0.0840 e. The van der Waals surface area contributed by atoms with Crippen molar-refractivity contribution in [1.29, 1.82) is 0 Å². The van der Waals surface area contributed by atoms with E-state index in [-0.39, 0.29) is 6.10 Å². The van der Waals surface area contributed by atoms with Gasteiger partial charge in [-0.15, -0.1) is 11.3 Å². The average Bonchev–Trinajstić information content (AvgIpc) is 2.91. The van der Waals surface area contributed by atoms with Crippen LogP contribution in [-0.4, -0.2) is 5.11 Å². The molecule has 3 rings (SSSR count). The van der Waals surface area contributed by atoms with Crippen molar-refractivity contribution in [3.8, 4) is 0 Å². The van der Waals surface area contributed by atoms with Gasteiger partial charge in [-0.2, -0.15) is 0 Å². The second-order valence-corrected chi connectivity index (χ2v) is 8.81. The van der Waals surface area contributed by atoms with Gasteiger partial charge in [-0.25, -0.2) is 0 Å². The summed E-state index contributed by atoms with van der Waals surface area (Å²) in [5.41, 5.74) is 1.08. The number of halogens is 2. The molecule has 0 aliphatic heterocycles. The number of rotatable bonds is 2. The SMILES string of the molecule is OC(c1cc(Br)sc1Br)C1CC2CCC1C2. The third-order valence-corrected chi connectivity index (χ3v) is 6.59. The van der Waals surface area contributed by atoms with Gasteiger partial charge in [0.2, 0.25) is 0 Å². The Bertz CT molecular complexity index is 404. The lowest BCUT2D eigenvalue weighted by Gasteiger charge is -2.26. The number of aliphatic hydroxyl groups is 1. The van der Waals surface area contributed by atoms with Crippen LogP contribution in [0.15, 0.2) is 13.6 Å². The molecule has 0 saturated heterocycles. The summed E-state index contributed by atoms with van der Waals surface area (Å²) in [5, 5.41) is 10.5. The molecule has 88 valence electrons. The molecule has 0 aromatic carbocycles. The van der Waals surface area contributed by atoms with Crippen molar-refractivity contribution in [3.05, 3.63) is 19.2 Å². The Balaban J connectivity index is 1.82. The van der Waals surface area contributed by atoms with Gasteiger partial charge in [0.1, 0.15) is 0 Å². The molecule has 4 atom stereocenters. The minimum Gasteiger partial charge on any atom is -0.388 e. The molecular formula is C12H14Br2OS. The Kier molecular flexibility index (Phi) is 3.20. The van der Waals surface area contributed by atoms with Crippen LogP contribution in [0.1, 0.15) is 37.4 Å². The lowest BCUT2D eigenvalue weighted by molar-refractivity contribution is 0.0743. The normalized spacial score (nSPS) is 34.6. The largest absolute Gasteiger partial charge is 0.388 e. The van der Waals surface area contributed by atoms with Crippen LogP contribution in [0.3, 0.4) is 0 Å². The molecule has 0 radical (unpaired) electrons. The minimum absolute atomic E-state index is 0.271. The van der Waals surface area contributed by atoms with Crippen molar-refractivity contribution < 1.29 is 5.11 Å². The Morgan fingerprint density at radius 2 is 2.12 bits per heavy atom. The van der Waals surface area contributed by atoms with Gasteiger partial charge < -0.3 is 5.11 Å². The number of hydrogen-bond donors (Lipinski definition) is 1. The van der Waals surface area contributed by atoms with Gasteiger partial charge in [0.15, 0.2) is 0 Å². The molecule has 2 bridgehead atoms. The topological polar surface area (TPSA) is 20.2 Å². The van der Waals surface area contributed by atoms with E-state index in [4.69, 9.17) is 0 Å². The zero-order chi connectivity index (χ0) is 11.3. The molecule has 4 unspecified atom stereocenters. The fourth-order valence-corrected chi connectivity index (χ4v) is 6.38. The van der Waals surface area contributed by atoms with Crippen LogP contribution < -0.4 is 0 Å². The summed E-state index contributed by atoms with van der Waals surface area (Å²) in [6.45, 7) is 0. The molecule has 4 heteroatoms. The first kappa shape index (κ1) is 11.7. The fourth-order valence-electron chi connectivity index (χ4n) is 3.47. The molecule has 1 aromatic rings. The summed E-state index contributed by atoms with van der Waals surface area (Å²) >= 11 is 8.67. The first-order valence-corrected chi connectivity index (χ1v) is 8.18. The van der Waals surface area contributed by atoms with Crippen molar-refractivity contribution in [3.63, 3.8) is 0 Å². The maximum atomic E-state index is 10.5. The van der Waals surface area contributed by atoms with Crippen LogP contribution in [0.2, 0.25) is 0 Å². The first-order valence-electron chi connectivity index (χ1n) is 5.78. The summed E-state index contributed by atoms with van der Waals surface area (Å²) < 4.78 is 2.17. The van der Waals surface area contributed by atoms with Crippen LogP contribution in [-0.2, 0) is 0 Å². The van der Waals surface area contributed by atoms with Gasteiger partial charge in [0.05, 0.1) is 13.7 Å². The average molecular weight is 366 g/mol. The molecule has 1 nitrogen and oxygen atoms in total. The van der Waals surface area contributed by atoms with Crippen LogP contribution in [0.4, 0.5) is 0 Å². The van der Waals surface area contributed by atoms with Crippen molar-refractivity contribution >= 4 is 43.2 Å². The molecule has 1 aromatic heterocycles. The van der Waals surface area contributed by atoms with E-state index < -0.39 is 0 Å². The Hall–Kier alpha value is 0.620. The Morgan fingerprint density at radius 1 is 1.31 bits per heavy atom. The van der Waals surface area contributed by atoms with Crippen LogP contribution in [0.25, 0.3) is 0 Å². The van der Waals surface area contributed by atoms with E-state index in [0.717, 1.165) is 25.0 Å². The molecule has 2 aliphatic carbocycles. The third kappa shape index (κ3) is 1.92. The lowest BCUT2D eigenvalue weighted by Crippen LogP contribution is -2.18. The van der Waals surface area contributed by atoms with Gasteiger partial charge in [0, 0.05) is 5.56 Å². The summed E-state index contributed by atoms with van der Waals surface area (Å²) in [7, 11) is 0. The van der Waals surface area contributed by atoms with Crippen LogP contribution in [0, 0.1) is 17.8 Å². The third-order valence-electron chi connectivity index (χ3n) is 4.20. The van der Waals surface area contributed by atoms with Crippen LogP contribution >= 0.6 is 43.2 Å². The highest BCUT2D eigenvalue weighted by Crippen LogP contribution is 2.53. The van der Waals surface area contributed by atoms with E-state index in [1.54, 1.807) is 11.3 Å². The van der Waals surface area contributed by atoms with E-state index in [1.807, 2.05) is 0 Å². The number of aliphatic hydroxyl groups excluding tert-OH is 1. The van der Waals surface area contributed by atoms with Gasteiger partial charge in [-0.05, 0) is 74.9 Å². The van der Waals surface area contributed by atoms with Gasteiger partial charge >= 0.3 is 0 Å². The van der Waals surface area contributed by atoms with Crippen molar-refractivity contribution in [2.45, 2.75) is 31.8 Å². The number of thiophene rings is 1. The smallest absolute Gasteiger partial charge is 0.0840 e. The van der Waals surface area contributed by atoms with E-state index in [2.05, 4.69) is 37.9 Å². The molecule has 1 heterocycles. The molecule has 0 amide bonds.